The molecule has 0 fully saturated rings. The Morgan fingerprint density at radius 1 is 0.419 bits per heavy atom. The second-order valence-electron chi connectivity index (χ2n) is 21.0. The Labute approximate surface area is 507 Å². The summed E-state index contributed by atoms with van der Waals surface area (Å²) in [5, 5.41) is 47.9. The van der Waals surface area contributed by atoms with Crippen LogP contribution in [0.15, 0.2) is 10.3 Å². The Hall–Kier alpha value is -5.83. The smallest absolute Gasteiger partial charge is 0.246 e. The number of oxime groups is 2. The predicted molar refractivity (Wildman–Crippen MR) is 319 cm³/mol. The molecule has 0 saturated heterocycles. The number of unbranched alkanes of at least 4 members (excludes halogenated alkanes) is 1. The van der Waals surface area contributed by atoms with Gasteiger partial charge in [0.2, 0.25) is 41.4 Å². The van der Waals surface area contributed by atoms with E-state index in [4.69, 9.17) is 54.0 Å². The van der Waals surface area contributed by atoms with Crippen LogP contribution in [-0.4, -0.2) is 243 Å². The highest BCUT2D eigenvalue weighted by Crippen LogP contribution is 2.09. The number of hydrogen-bond acceptors (Lipinski definition) is 23. The lowest BCUT2D eigenvalue weighted by Gasteiger charge is -2.32. The van der Waals surface area contributed by atoms with Crippen LogP contribution >= 0.6 is 0 Å². The highest BCUT2D eigenvalue weighted by atomic mass is 16.5. The molecule has 0 aromatic rings. The van der Waals surface area contributed by atoms with Crippen LogP contribution in [0.3, 0.4) is 0 Å². The van der Waals surface area contributed by atoms with Gasteiger partial charge in [-0.1, -0.05) is 23.7 Å². The van der Waals surface area contributed by atoms with Crippen molar-refractivity contribution >= 4 is 64.3 Å². The summed E-state index contributed by atoms with van der Waals surface area (Å²) in [6, 6.07) is -0.319. The highest BCUT2D eigenvalue weighted by molar-refractivity contribution is 5.90. The fourth-order valence-corrected chi connectivity index (χ4v) is 6.56. The summed E-state index contributed by atoms with van der Waals surface area (Å²) in [6.45, 7) is 21.5. The van der Waals surface area contributed by atoms with Crippen LogP contribution in [0.4, 0.5) is 0 Å². The first-order valence-corrected chi connectivity index (χ1v) is 29.3. The molecule has 0 bridgehead atoms. The average Bonchev–Trinajstić information content (AvgIpc) is 3.57. The molecule has 0 aromatic heterocycles. The fraction of sp³-hybridized carbons (Fsp3) is 0.804. The molecule has 0 spiro atoms. The van der Waals surface area contributed by atoms with Crippen molar-refractivity contribution in [3.63, 3.8) is 0 Å². The van der Waals surface area contributed by atoms with Gasteiger partial charge in [0.1, 0.15) is 26.4 Å². The minimum Gasteiger partial charge on any atom is -0.411 e. The van der Waals surface area contributed by atoms with E-state index in [9.17, 15) is 43.2 Å². The summed E-state index contributed by atoms with van der Waals surface area (Å²) in [6.07, 6.45) is 3.92. The van der Waals surface area contributed by atoms with Gasteiger partial charge in [0, 0.05) is 77.4 Å². The van der Waals surface area contributed by atoms with E-state index in [1.807, 2.05) is 27.7 Å². The van der Waals surface area contributed by atoms with Crippen molar-refractivity contribution in [1.82, 2.24) is 42.5 Å². The lowest BCUT2D eigenvalue weighted by atomic mass is 9.98. The zero-order chi connectivity index (χ0) is 64.9. The van der Waals surface area contributed by atoms with E-state index < -0.39 is 11.1 Å². The van der Waals surface area contributed by atoms with Gasteiger partial charge in [0.05, 0.1) is 108 Å². The molecule has 0 aromatic carbocycles. The van der Waals surface area contributed by atoms with E-state index in [0.717, 1.165) is 12.8 Å². The summed E-state index contributed by atoms with van der Waals surface area (Å²) in [5.74, 6) is -1.81. The second kappa shape index (κ2) is 53.4. The van der Waals surface area contributed by atoms with Crippen molar-refractivity contribution in [3.05, 3.63) is 0 Å². The van der Waals surface area contributed by atoms with E-state index in [0.29, 0.717) is 116 Å². The average molecular weight is 1240 g/mol. The number of nitrogens with zero attached hydrogens (tertiary/aromatic N) is 2. The summed E-state index contributed by atoms with van der Waals surface area (Å²) in [7, 11) is 0. The third kappa shape index (κ3) is 52.5. The Morgan fingerprint density at radius 3 is 1.07 bits per heavy atom. The SMILES string of the molecule is C/C(=N/O)C(C)(C)NCC(CNC(C)(C)/C(C)=N\O)NC(=O)CCCC(=O)NCCCC[C@H](C)C(N)=O.CC(=O)COCCOCCNC(=O)COCCOCCNC(=O)CCCC(=O)NCCOCCOCC(=O)NCCOCCOCC(C)=O. The number of ether oxygens (including phenoxy) is 8. The molecule has 7 amide bonds. The zero-order valence-corrected chi connectivity index (χ0v) is 52.6. The number of hydrogen-bond donors (Lipinski definition) is 11. The number of primary amides is 1. The van der Waals surface area contributed by atoms with Crippen molar-refractivity contribution in [1.29, 1.82) is 0 Å². The minimum absolute atomic E-state index is 0.0505. The summed E-state index contributed by atoms with van der Waals surface area (Å²) >= 11 is 0. The summed E-state index contributed by atoms with van der Waals surface area (Å²) < 4.78 is 41.8. The molecule has 30 heteroatoms. The number of nitrogens with two attached hydrogens (primary N) is 1. The molecule has 0 aliphatic rings. The molecule has 0 heterocycles. The van der Waals surface area contributed by atoms with Crippen LogP contribution in [0.5, 0.6) is 0 Å². The van der Waals surface area contributed by atoms with Crippen molar-refractivity contribution in [3.8, 4) is 0 Å². The van der Waals surface area contributed by atoms with Crippen LogP contribution in [-0.2, 0) is 81.0 Å². The third-order valence-corrected chi connectivity index (χ3v) is 12.4. The van der Waals surface area contributed by atoms with E-state index in [-0.39, 0.29) is 157 Å². The molecule has 0 rings (SSSR count). The lowest BCUT2D eigenvalue weighted by molar-refractivity contribution is -0.127. The number of Topliss-reactive ketones (excluding diaryl/α,β-unsaturated/α-hetero) is 2. The summed E-state index contributed by atoms with van der Waals surface area (Å²) in [4.78, 5) is 104. The molecule has 0 saturated carbocycles. The molecule has 86 heavy (non-hydrogen) atoms. The van der Waals surface area contributed by atoms with Gasteiger partial charge in [-0.25, -0.2) is 0 Å². The molecule has 0 radical (unpaired) electrons. The summed E-state index contributed by atoms with van der Waals surface area (Å²) in [5.41, 5.74) is 5.06. The van der Waals surface area contributed by atoms with Gasteiger partial charge in [-0.15, -0.1) is 0 Å². The molecule has 30 nitrogen and oxygen atoms in total. The minimum atomic E-state index is -0.592. The van der Waals surface area contributed by atoms with Gasteiger partial charge in [-0.2, -0.15) is 0 Å². The Morgan fingerprint density at radius 2 is 0.733 bits per heavy atom. The molecule has 0 unspecified atom stereocenters. The van der Waals surface area contributed by atoms with Crippen LogP contribution in [0.25, 0.3) is 0 Å². The van der Waals surface area contributed by atoms with Crippen molar-refractivity contribution in [2.75, 3.05) is 152 Å². The molecule has 1 atom stereocenters. The van der Waals surface area contributed by atoms with Crippen LogP contribution in [0.2, 0.25) is 0 Å². The maximum Gasteiger partial charge on any atom is 0.246 e. The largest absolute Gasteiger partial charge is 0.411 e. The Balaban J connectivity index is 0. The number of rotatable bonds is 55. The first-order valence-electron chi connectivity index (χ1n) is 29.3. The van der Waals surface area contributed by atoms with E-state index in [2.05, 4.69) is 52.8 Å². The van der Waals surface area contributed by atoms with E-state index in [1.54, 1.807) is 20.8 Å². The van der Waals surface area contributed by atoms with Gasteiger partial charge >= 0.3 is 0 Å². The van der Waals surface area contributed by atoms with Crippen LogP contribution < -0.4 is 48.3 Å². The topological polar surface area (TPSA) is 415 Å². The first kappa shape index (κ1) is 82.2. The van der Waals surface area contributed by atoms with Gasteiger partial charge in [0.15, 0.2) is 11.6 Å². The number of amides is 7. The highest BCUT2D eigenvalue weighted by Gasteiger charge is 2.27. The van der Waals surface area contributed by atoms with Crippen LogP contribution in [0, 0.1) is 5.92 Å². The lowest BCUT2D eigenvalue weighted by Crippen LogP contribution is -2.57. The maximum atomic E-state index is 12.6. The number of carbonyl (C=O) groups is 9. The molecular formula is C56H105N11O19. The fourth-order valence-electron chi connectivity index (χ4n) is 6.56. The molecule has 0 aliphatic carbocycles. The van der Waals surface area contributed by atoms with E-state index in [1.165, 1.54) is 13.8 Å². The first-order chi connectivity index (χ1) is 40.9. The molecular weight excluding hydrogens is 1130 g/mol. The number of carbonyl (C=O) groups excluding carboxylic acids is 9. The maximum absolute atomic E-state index is 12.6. The van der Waals surface area contributed by atoms with Crippen molar-refractivity contribution in [2.24, 2.45) is 22.0 Å². The van der Waals surface area contributed by atoms with Gasteiger partial charge < -0.3 is 96.6 Å². The number of ketones is 2. The Bertz CT molecular complexity index is 1880. The molecule has 498 valence electrons. The van der Waals surface area contributed by atoms with E-state index >= 15 is 0 Å². The van der Waals surface area contributed by atoms with Crippen molar-refractivity contribution < 1.29 is 91.5 Å². The third-order valence-electron chi connectivity index (χ3n) is 12.4. The van der Waals surface area contributed by atoms with Crippen LogP contribution in [0.1, 0.15) is 120 Å². The standard InChI is InChI=1S/C31H56N4O14.C25H49N7O5/c1-26(36)22-46-18-14-44-12-8-34-30(40)24-48-20-16-42-10-6-32-28(38)4-3-5-29(39)33-7-11-43-17-21-49-25-31(41)35-9-13-45-15-19-47-23-27(2)37;1-17(23(26)35)11-8-9-14-27-21(33)12-10-13-22(34)30-20(15-28-24(4,5)18(2)31-36)16-29-25(6,7)19(3)32-37/h3-25H2,1-2H3,(H,32,38)(H,33,39)(H,34,40)(H,35,41);17,20,28-29,36-37H,8-16H2,1-7H3,(H2,26,35)(H,27,33)(H,30,34)/b;31-18-,32-19-/t;17-/m.0/s1. The number of nitrogens with one attached hydrogen (secondary N) is 8. The zero-order valence-electron chi connectivity index (χ0n) is 52.6. The monoisotopic (exact) mass is 1240 g/mol. The normalized spacial score (nSPS) is 12.5. The Kier molecular flexibility index (Phi) is 51.1. The van der Waals surface area contributed by atoms with Gasteiger partial charge in [-0.05, 0) is 81.1 Å². The van der Waals surface area contributed by atoms with Crippen molar-refractivity contribution in [2.45, 2.75) is 137 Å². The van der Waals surface area contributed by atoms with Gasteiger partial charge in [0.25, 0.3) is 0 Å². The molecule has 0 aliphatic heterocycles. The quantitative estimate of drug-likeness (QED) is 0.0157. The predicted octanol–water partition coefficient (Wildman–Crippen LogP) is -0.582. The second-order valence-corrected chi connectivity index (χ2v) is 21.0. The van der Waals surface area contributed by atoms with Gasteiger partial charge in [-0.3, -0.25) is 43.2 Å². The molecule has 12 N–H and O–H groups in total.